The Bertz CT molecular complexity index is 508. The van der Waals surface area contributed by atoms with E-state index in [1.807, 2.05) is 58.0 Å². The Morgan fingerprint density at radius 1 is 1.17 bits per heavy atom. The number of rotatable bonds is 9. The fourth-order valence-corrected chi connectivity index (χ4v) is 3.30. The average Bonchev–Trinajstić information content (AvgIpc) is 2.51. The first-order valence-electron chi connectivity index (χ1n) is 8.53. The lowest BCUT2D eigenvalue weighted by Gasteiger charge is -2.28. The van der Waals surface area contributed by atoms with E-state index in [1.165, 1.54) is 0 Å². The molecule has 0 radical (unpaired) electrons. The fraction of sp³-hybridized carbons (Fsp3) is 0.632. The minimum absolute atomic E-state index is 0.194. The number of benzene rings is 1. The van der Waals surface area contributed by atoms with E-state index in [1.54, 1.807) is 0 Å². The normalized spacial score (nSPS) is 15.9. The summed E-state index contributed by atoms with van der Waals surface area (Å²) in [6.45, 7) is 9.89. The minimum atomic E-state index is -1.21. The molecule has 1 N–H and O–H groups in total. The van der Waals surface area contributed by atoms with E-state index in [9.17, 15) is 9.00 Å². The van der Waals surface area contributed by atoms with Gasteiger partial charge in [0.25, 0.3) is 0 Å². The van der Waals surface area contributed by atoms with Crippen molar-refractivity contribution in [3.05, 3.63) is 35.9 Å². The Morgan fingerprint density at radius 2 is 1.78 bits per heavy atom. The Labute approximate surface area is 143 Å². The standard InChI is InChI=1S/C19H31NO2S/c1-6-7-9-14-17(21)15(2)18(16-12-10-8-11-13-16)20-23(22)19(3,4)5/h8,10-13,15,18,20H,6-7,9,14H2,1-5H3/t15-,18+,23-/m0/s1. The van der Waals surface area contributed by atoms with Gasteiger partial charge in [-0.1, -0.05) is 57.0 Å². The summed E-state index contributed by atoms with van der Waals surface area (Å²) in [5.41, 5.74) is 1.02. The van der Waals surface area contributed by atoms with Crippen LogP contribution in [0.3, 0.4) is 0 Å². The molecule has 0 heterocycles. The van der Waals surface area contributed by atoms with Gasteiger partial charge in [0, 0.05) is 12.3 Å². The summed E-state index contributed by atoms with van der Waals surface area (Å²) >= 11 is 0. The zero-order valence-corrected chi connectivity index (χ0v) is 15.9. The Kier molecular flexibility index (Phi) is 8.13. The summed E-state index contributed by atoms with van der Waals surface area (Å²) in [6, 6.07) is 9.64. The highest BCUT2D eigenvalue weighted by Crippen LogP contribution is 2.26. The SMILES string of the molecule is CCCCCC(=O)[C@H](C)[C@@H](N[S@@](=O)C(C)(C)C)c1ccccc1. The van der Waals surface area contributed by atoms with Crippen molar-refractivity contribution < 1.29 is 9.00 Å². The van der Waals surface area contributed by atoms with Crippen LogP contribution < -0.4 is 4.72 Å². The van der Waals surface area contributed by atoms with Gasteiger partial charge in [0.1, 0.15) is 5.78 Å². The van der Waals surface area contributed by atoms with Crippen LogP contribution in [0.5, 0.6) is 0 Å². The van der Waals surface area contributed by atoms with Crippen LogP contribution >= 0.6 is 0 Å². The molecule has 23 heavy (non-hydrogen) atoms. The second-order valence-corrected chi connectivity index (χ2v) is 9.10. The zero-order valence-electron chi connectivity index (χ0n) is 15.1. The molecule has 1 rings (SSSR count). The molecule has 3 nitrogen and oxygen atoms in total. The molecule has 0 amide bonds. The van der Waals surface area contributed by atoms with E-state index < -0.39 is 11.0 Å². The summed E-state index contributed by atoms with van der Waals surface area (Å²) < 4.78 is 15.4. The Morgan fingerprint density at radius 3 is 2.30 bits per heavy atom. The van der Waals surface area contributed by atoms with Crippen LogP contribution in [0.2, 0.25) is 0 Å². The second-order valence-electron chi connectivity index (χ2n) is 7.10. The van der Waals surface area contributed by atoms with E-state index in [-0.39, 0.29) is 22.5 Å². The summed E-state index contributed by atoms with van der Waals surface area (Å²) in [5.74, 6) is 0.0475. The Balaban J connectivity index is 2.91. The van der Waals surface area contributed by atoms with Gasteiger partial charge in [-0.3, -0.25) is 4.79 Å². The highest BCUT2D eigenvalue weighted by molar-refractivity contribution is 7.84. The molecule has 0 aliphatic heterocycles. The molecule has 4 heteroatoms. The van der Waals surface area contributed by atoms with Gasteiger partial charge in [-0.15, -0.1) is 0 Å². The van der Waals surface area contributed by atoms with Crippen LogP contribution in [-0.4, -0.2) is 14.7 Å². The molecule has 0 aromatic heterocycles. The van der Waals surface area contributed by atoms with Crippen molar-refractivity contribution in [2.75, 3.05) is 0 Å². The van der Waals surface area contributed by atoms with E-state index in [2.05, 4.69) is 11.6 Å². The number of carbonyl (C=O) groups is 1. The predicted molar refractivity (Wildman–Crippen MR) is 98.5 cm³/mol. The number of unbranched alkanes of at least 4 members (excludes halogenated alkanes) is 2. The molecule has 0 aliphatic carbocycles. The number of hydrogen-bond donors (Lipinski definition) is 1. The summed E-state index contributed by atoms with van der Waals surface area (Å²) in [7, 11) is -1.21. The molecule has 3 atom stereocenters. The molecule has 130 valence electrons. The smallest absolute Gasteiger partial charge is 0.137 e. The van der Waals surface area contributed by atoms with Crippen molar-refractivity contribution in [3.8, 4) is 0 Å². The van der Waals surface area contributed by atoms with Crippen molar-refractivity contribution in [2.24, 2.45) is 5.92 Å². The maximum absolute atomic E-state index is 12.5. The van der Waals surface area contributed by atoms with Gasteiger partial charge in [-0.2, -0.15) is 0 Å². The largest absolute Gasteiger partial charge is 0.299 e. The first-order chi connectivity index (χ1) is 10.8. The van der Waals surface area contributed by atoms with Crippen LogP contribution in [0.25, 0.3) is 0 Å². The maximum Gasteiger partial charge on any atom is 0.137 e. The average molecular weight is 338 g/mol. The maximum atomic E-state index is 12.5. The molecule has 0 aliphatic rings. The van der Waals surface area contributed by atoms with Crippen molar-refractivity contribution in [3.63, 3.8) is 0 Å². The molecule has 1 aromatic rings. The lowest BCUT2D eigenvalue weighted by atomic mass is 9.89. The van der Waals surface area contributed by atoms with Crippen molar-refractivity contribution in [1.82, 2.24) is 4.72 Å². The molecule has 0 fully saturated rings. The molecular formula is C19H31NO2S. The topological polar surface area (TPSA) is 46.2 Å². The van der Waals surface area contributed by atoms with E-state index in [0.717, 1.165) is 24.8 Å². The van der Waals surface area contributed by atoms with Crippen LogP contribution in [0.4, 0.5) is 0 Å². The minimum Gasteiger partial charge on any atom is -0.299 e. The third-order valence-electron chi connectivity index (χ3n) is 3.98. The predicted octanol–water partition coefficient (Wildman–Crippen LogP) is 4.57. The van der Waals surface area contributed by atoms with Gasteiger partial charge in [0.2, 0.25) is 0 Å². The fourth-order valence-electron chi connectivity index (χ4n) is 2.37. The van der Waals surface area contributed by atoms with Crippen LogP contribution in [0.1, 0.15) is 71.9 Å². The number of carbonyl (C=O) groups excluding carboxylic acids is 1. The first kappa shape index (κ1) is 20.0. The molecule has 0 unspecified atom stereocenters. The third-order valence-corrected chi connectivity index (χ3v) is 5.56. The molecule has 0 saturated heterocycles. The second kappa shape index (κ2) is 9.33. The number of ketones is 1. The van der Waals surface area contributed by atoms with Crippen LogP contribution in [0, 0.1) is 5.92 Å². The van der Waals surface area contributed by atoms with Gasteiger partial charge < -0.3 is 0 Å². The van der Waals surface area contributed by atoms with Crippen molar-refractivity contribution in [2.45, 2.75) is 71.1 Å². The monoisotopic (exact) mass is 337 g/mol. The van der Waals surface area contributed by atoms with E-state index >= 15 is 0 Å². The molecule has 0 spiro atoms. The van der Waals surface area contributed by atoms with Gasteiger partial charge in [-0.25, -0.2) is 8.93 Å². The molecule has 0 saturated carbocycles. The number of Topliss-reactive ketones (excluding diaryl/α,β-unsaturated/α-hetero) is 1. The van der Waals surface area contributed by atoms with Crippen LogP contribution in [-0.2, 0) is 15.8 Å². The zero-order chi connectivity index (χ0) is 17.5. The lowest BCUT2D eigenvalue weighted by molar-refractivity contribution is -0.123. The highest BCUT2D eigenvalue weighted by atomic mass is 32.2. The highest BCUT2D eigenvalue weighted by Gasteiger charge is 2.29. The summed E-state index contributed by atoms with van der Waals surface area (Å²) in [5, 5.41) is 0. The summed E-state index contributed by atoms with van der Waals surface area (Å²) in [4.78, 5) is 12.5. The number of hydrogen-bond acceptors (Lipinski definition) is 2. The van der Waals surface area contributed by atoms with Gasteiger partial charge in [0.15, 0.2) is 0 Å². The Hall–Kier alpha value is -1.00. The summed E-state index contributed by atoms with van der Waals surface area (Å²) in [6.07, 6.45) is 3.72. The van der Waals surface area contributed by atoms with E-state index in [4.69, 9.17) is 0 Å². The van der Waals surface area contributed by atoms with Crippen LogP contribution in [0.15, 0.2) is 30.3 Å². The quantitative estimate of drug-likeness (QED) is 0.671. The third kappa shape index (κ3) is 6.56. The van der Waals surface area contributed by atoms with Gasteiger partial charge >= 0.3 is 0 Å². The van der Waals surface area contributed by atoms with Crippen molar-refractivity contribution in [1.29, 1.82) is 0 Å². The number of nitrogens with one attached hydrogen (secondary N) is 1. The molecular weight excluding hydrogens is 306 g/mol. The van der Waals surface area contributed by atoms with E-state index in [0.29, 0.717) is 6.42 Å². The molecule has 0 bridgehead atoms. The first-order valence-corrected chi connectivity index (χ1v) is 9.68. The van der Waals surface area contributed by atoms with Crippen molar-refractivity contribution >= 4 is 16.8 Å². The van der Waals surface area contributed by atoms with Gasteiger partial charge in [0.05, 0.1) is 21.8 Å². The lowest BCUT2D eigenvalue weighted by Crippen LogP contribution is -2.39. The molecule has 1 aromatic carbocycles. The van der Waals surface area contributed by atoms with Gasteiger partial charge in [-0.05, 0) is 32.8 Å².